The molecule has 8 heavy (non-hydrogen) atoms. The van der Waals surface area contributed by atoms with Gasteiger partial charge in [-0.15, -0.1) is 12.3 Å². The second-order valence-corrected chi connectivity index (χ2v) is 2.66. The fourth-order valence-corrected chi connectivity index (χ4v) is 0.637. The fourth-order valence-electron chi connectivity index (χ4n) is 0.236. The molecule has 0 aliphatic carbocycles. The number of terminal acetylenes is 1. The largest absolute Gasteiger partial charge is 0.346 e. The van der Waals surface area contributed by atoms with Gasteiger partial charge in [0.1, 0.15) is 0 Å². The Morgan fingerprint density at radius 3 is 3.00 bits per heavy atom. The van der Waals surface area contributed by atoms with Crippen LogP contribution in [0.3, 0.4) is 0 Å². The van der Waals surface area contributed by atoms with Gasteiger partial charge >= 0.3 is 0 Å². The van der Waals surface area contributed by atoms with E-state index in [0.29, 0.717) is 12.8 Å². The molecule has 0 radical (unpaired) electrons. The number of hydrogen-bond acceptors (Lipinski definition) is 1. The fraction of sp³-hybridized carbons (Fsp3) is 0.400. The van der Waals surface area contributed by atoms with Crippen molar-refractivity contribution in [2.45, 2.75) is 10.5 Å². The maximum atomic E-state index is 9.71. The van der Waals surface area contributed by atoms with E-state index in [4.69, 9.17) is 6.42 Å². The second kappa shape index (κ2) is 4.91. The lowest BCUT2D eigenvalue weighted by atomic mass is 10.4. The van der Waals surface area contributed by atoms with E-state index in [-0.39, 0.29) is 4.05 Å². The zero-order chi connectivity index (χ0) is 6.41. The van der Waals surface area contributed by atoms with Gasteiger partial charge in [-0.1, -0.05) is 22.6 Å². The van der Waals surface area contributed by atoms with Gasteiger partial charge < -0.3 is 5.32 Å². The first-order valence-electron chi connectivity index (χ1n) is 2.08. The number of rotatable bonds is 3. The smallest absolute Gasteiger partial charge is 0.207 e. The van der Waals surface area contributed by atoms with Crippen LogP contribution in [0.1, 0.15) is 6.42 Å². The predicted molar refractivity (Wildman–Crippen MR) is 40.5 cm³/mol. The zero-order valence-corrected chi connectivity index (χ0v) is 6.38. The molecular weight excluding hydrogens is 217 g/mol. The highest BCUT2D eigenvalue weighted by Gasteiger charge is 1.94. The van der Waals surface area contributed by atoms with Gasteiger partial charge in [0.05, 0.1) is 4.05 Å². The van der Waals surface area contributed by atoms with Crippen molar-refractivity contribution in [3.63, 3.8) is 0 Å². The minimum atomic E-state index is 0.0788. The molecule has 0 aromatic rings. The summed E-state index contributed by atoms with van der Waals surface area (Å²) >= 11 is 2.06. The lowest BCUT2D eigenvalue weighted by molar-refractivity contribution is -0.109. The maximum Gasteiger partial charge on any atom is 0.207 e. The van der Waals surface area contributed by atoms with Crippen molar-refractivity contribution in [2.75, 3.05) is 0 Å². The van der Waals surface area contributed by atoms with Gasteiger partial charge in [0.25, 0.3) is 0 Å². The van der Waals surface area contributed by atoms with E-state index in [1.54, 1.807) is 0 Å². The molecule has 0 saturated heterocycles. The monoisotopic (exact) mass is 223 g/mol. The van der Waals surface area contributed by atoms with Crippen LogP contribution in [0.5, 0.6) is 0 Å². The predicted octanol–water partition coefficient (Wildman–Crippen LogP) is 0.517. The molecular formula is C5H6INO. The summed E-state index contributed by atoms with van der Waals surface area (Å²) in [5.41, 5.74) is 0. The van der Waals surface area contributed by atoms with Crippen LogP contribution in [-0.4, -0.2) is 10.5 Å². The van der Waals surface area contributed by atoms with Gasteiger partial charge in [-0.2, -0.15) is 0 Å². The minimum Gasteiger partial charge on any atom is -0.346 e. The van der Waals surface area contributed by atoms with Crippen LogP contribution in [-0.2, 0) is 4.79 Å². The lowest BCUT2D eigenvalue weighted by Gasteiger charge is -2.00. The molecule has 0 heterocycles. The van der Waals surface area contributed by atoms with Gasteiger partial charge in [0.15, 0.2) is 0 Å². The number of carbonyl (C=O) groups excluding carboxylic acids is 1. The Balaban J connectivity index is 3.20. The Morgan fingerprint density at radius 1 is 2.00 bits per heavy atom. The van der Waals surface area contributed by atoms with E-state index in [0.717, 1.165) is 0 Å². The Kier molecular flexibility index (Phi) is 4.76. The highest BCUT2D eigenvalue weighted by molar-refractivity contribution is 14.1. The van der Waals surface area contributed by atoms with Crippen molar-refractivity contribution < 1.29 is 4.79 Å². The topological polar surface area (TPSA) is 29.1 Å². The van der Waals surface area contributed by atoms with Crippen LogP contribution in [0, 0.1) is 12.3 Å². The van der Waals surface area contributed by atoms with Crippen LogP contribution >= 0.6 is 22.6 Å². The molecule has 0 spiro atoms. The standard InChI is InChI=1S/C5H6INO/c1-2-3-5(6)7-4-8/h1,4-5H,3H2,(H,7,8). The van der Waals surface area contributed by atoms with E-state index in [9.17, 15) is 4.79 Å². The van der Waals surface area contributed by atoms with E-state index in [1.807, 2.05) is 0 Å². The zero-order valence-electron chi connectivity index (χ0n) is 4.23. The van der Waals surface area contributed by atoms with E-state index in [1.165, 1.54) is 0 Å². The summed E-state index contributed by atoms with van der Waals surface area (Å²) < 4.78 is 0.0788. The third kappa shape index (κ3) is 3.93. The molecule has 0 fully saturated rings. The first-order valence-corrected chi connectivity index (χ1v) is 3.33. The SMILES string of the molecule is C#CCC(I)NC=O. The number of nitrogens with one attached hydrogen (secondary N) is 1. The molecule has 0 aliphatic heterocycles. The second-order valence-electron chi connectivity index (χ2n) is 1.16. The third-order valence-electron chi connectivity index (χ3n) is 0.546. The summed E-state index contributed by atoms with van der Waals surface area (Å²) in [4.78, 5) is 9.71. The van der Waals surface area contributed by atoms with Crippen molar-refractivity contribution in [1.82, 2.24) is 5.32 Å². The van der Waals surface area contributed by atoms with Gasteiger partial charge in [0, 0.05) is 6.42 Å². The molecule has 0 bridgehead atoms. The number of amides is 1. The molecule has 44 valence electrons. The molecule has 0 aromatic carbocycles. The Morgan fingerprint density at radius 2 is 2.62 bits per heavy atom. The molecule has 0 saturated carbocycles. The summed E-state index contributed by atoms with van der Waals surface area (Å²) in [6, 6.07) is 0. The first-order chi connectivity index (χ1) is 3.81. The van der Waals surface area contributed by atoms with Crippen molar-refractivity contribution in [1.29, 1.82) is 0 Å². The van der Waals surface area contributed by atoms with Crippen molar-refractivity contribution in [3.05, 3.63) is 0 Å². The quantitative estimate of drug-likeness (QED) is 0.244. The van der Waals surface area contributed by atoms with Crippen LogP contribution in [0.25, 0.3) is 0 Å². The number of hydrogen-bond donors (Lipinski definition) is 1. The molecule has 1 N–H and O–H groups in total. The Labute approximate surface area is 62.2 Å². The maximum absolute atomic E-state index is 9.71. The van der Waals surface area contributed by atoms with E-state index in [2.05, 4.69) is 33.8 Å². The Hall–Kier alpha value is -0.240. The average molecular weight is 223 g/mol. The van der Waals surface area contributed by atoms with Gasteiger partial charge in [-0.05, 0) is 0 Å². The number of alkyl halides is 1. The van der Waals surface area contributed by atoms with Gasteiger partial charge in [0.2, 0.25) is 6.41 Å². The molecule has 1 amide bonds. The summed E-state index contributed by atoms with van der Waals surface area (Å²) in [6.07, 6.45) is 6.18. The lowest BCUT2D eigenvalue weighted by Crippen LogP contribution is -2.19. The van der Waals surface area contributed by atoms with Crippen molar-refractivity contribution >= 4 is 29.0 Å². The van der Waals surface area contributed by atoms with E-state index < -0.39 is 0 Å². The van der Waals surface area contributed by atoms with Gasteiger partial charge in [-0.3, -0.25) is 4.79 Å². The first kappa shape index (κ1) is 7.76. The summed E-state index contributed by atoms with van der Waals surface area (Å²) in [5.74, 6) is 2.42. The molecule has 3 heteroatoms. The van der Waals surface area contributed by atoms with Gasteiger partial charge in [-0.25, -0.2) is 0 Å². The molecule has 0 aliphatic rings. The average Bonchev–Trinajstić information content (AvgIpc) is 1.68. The van der Waals surface area contributed by atoms with Crippen molar-refractivity contribution in [2.24, 2.45) is 0 Å². The number of carbonyl (C=O) groups is 1. The molecule has 0 aromatic heterocycles. The third-order valence-corrected chi connectivity index (χ3v) is 1.35. The molecule has 2 nitrogen and oxygen atoms in total. The minimum absolute atomic E-state index is 0.0788. The summed E-state index contributed by atoms with van der Waals surface area (Å²) in [7, 11) is 0. The van der Waals surface area contributed by atoms with Crippen LogP contribution in [0.15, 0.2) is 0 Å². The summed E-state index contributed by atoms with van der Waals surface area (Å²) in [6.45, 7) is 0. The van der Waals surface area contributed by atoms with E-state index >= 15 is 0 Å². The summed E-state index contributed by atoms with van der Waals surface area (Å²) in [5, 5.41) is 2.51. The highest BCUT2D eigenvalue weighted by Crippen LogP contribution is 1.97. The van der Waals surface area contributed by atoms with Crippen molar-refractivity contribution in [3.8, 4) is 12.3 Å². The highest BCUT2D eigenvalue weighted by atomic mass is 127. The van der Waals surface area contributed by atoms with Crippen LogP contribution in [0.4, 0.5) is 0 Å². The normalized spacial score (nSPS) is 11.5. The Bertz CT molecular complexity index is 107. The van der Waals surface area contributed by atoms with Crippen LogP contribution in [0.2, 0.25) is 0 Å². The molecule has 0 rings (SSSR count). The number of halogens is 1. The molecule has 1 unspecified atom stereocenters. The molecule has 1 atom stereocenters. The van der Waals surface area contributed by atoms with Crippen LogP contribution < -0.4 is 5.32 Å².